The Labute approximate surface area is 107 Å². The fourth-order valence-corrected chi connectivity index (χ4v) is 2.34. The molecule has 0 saturated heterocycles. The summed E-state index contributed by atoms with van der Waals surface area (Å²) in [5, 5.41) is 0.920. The van der Waals surface area contributed by atoms with Crippen molar-refractivity contribution < 1.29 is 4.39 Å². The number of rotatable bonds is 4. The average Bonchev–Trinajstić information content (AvgIpc) is 2.31. The third kappa shape index (κ3) is 2.67. The number of aromatic nitrogens is 1. The van der Waals surface area contributed by atoms with E-state index in [0.29, 0.717) is 6.54 Å². The van der Waals surface area contributed by atoms with Gasteiger partial charge >= 0.3 is 0 Å². The van der Waals surface area contributed by atoms with Gasteiger partial charge in [-0.3, -0.25) is 4.98 Å². The van der Waals surface area contributed by atoms with E-state index in [1.807, 2.05) is 19.9 Å². The lowest BCUT2D eigenvalue weighted by atomic mass is 10.0. The fraction of sp³-hybridized carbons (Fsp3) is 0.400. The Morgan fingerprint density at radius 1 is 1.17 bits per heavy atom. The number of benzene rings is 1. The first-order valence-corrected chi connectivity index (χ1v) is 6.38. The number of nitrogens with zero attached hydrogens (tertiary/aromatic N) is 1. The molecule has 0 atom stereocenters. The molecule has 0 fully saturated rings. The molecule has 3 heteroatoms. The monoisotopic (exact) mass is 246 g/mol. The largest absolute Gasteiger partial charge is 0.330 e. The zero-order valence-electron chi connectivity index (χ0n) is 11.0. The lowest BCUT2D eigenvalue weighted by Crippen LogP contribution is -2.00. The number of pyridine rings is 1. The highest BCUT2D eigenvalue weighted by molar-refractivity contribution is 5.85. The minimum Gasteiger partial charge on any atom is -0.330 e. The summed E-state index contributed by atoms with van der Waals surface area (Å²) >= 11 is 0. The second-order valence-electron chi connectivity index (χ2n) is 4.79. The first kappa shape index (κ1) is 13.0. The van der Waals surface area contributed by atoms with Crippen molar-refractivity contribution in [3.8, 4) is 0 Å². The average molecular weight is 246 g/mol. The van der Waals surface area contributed by atoms with Gasteiger partial charge in [0.25, 0.3) is 0 Å². The molecule has 1 aromatic heterocycles. The van der Waals surface area contributed by atoms with Gasteiger partial charge in [0, 0.05) is 11.1 Å². The summed E-state index contributed by atoms with van der Waals surface area (Å²) < 4.78 is 13.6. The molecular formula is C15H19FN2. The van der Waals surface area contributed by atoms with Crippen molar-refractivity contribution in [3.05, 3.63) is 40.8 Å². The first-order chi connectivity index (χ1) is 8.61. The van der Waals surface area contributed by atoms with Crippen LogP contribution in [0.1, 0.15) is 29.7 Å². The molecule has 0 bridgehead atoms. The maximum Gasteiger partial charge on any atom is 0.124 e. The molecule has 18 heavy (non-hydrogen) atoms. The number of halogens is 1. The quantitative estimate of drug-likeness (QED) is 0.841. The number of hydrogen-bond donors (Lipinski definition) is 1. The summed E-state index contributed by atoms with van der Waals surface area (Å²) in [6.07, 6.45) is 2.77. The SMILES string of the molecule is Cc1cc(C)c2cc(F)cc(CCCCN)c2n1. The zero-order chi connectivity index (χ0) is 13.1. The van der Waals surface area contributed by atoms with E-state index in [2.05, 4.69) is 4.98 Å². The molecule has 2 aromatic rings. The maximum atomic E-state index is 13.6. The van der Waals surface area contributed by atoms with Crippen LogP contribution in [0.25, 0.3) is 10.9 Å². The minimum absolute atomic E-state index is 0.181. The molecule has 0 aliphatic rings. The van der Waals surface area contributed by atoms with Crippen molar-refractivity contribution in [1.82, 2.24) is 4.98 Å². The van der Waals surface area contributed by atoms with Crippen LogP contribution in [0.15, 0.2) is 18.2 Å². The van der Waals surface area contributed by atoms with Crippen LogP contribution in [0.4, 0.5) is 4.39 Å². The predicted octanol–water partition coefficient (Wildman–Crippen LogP) is 3.27. The molecule has 1 aromatic carbocycles. The summed E-state index contributed by atoms with van der Waals surface area (Å²) in [5.41, 5.74) is 9.48. The standard InChI is InChI=1S/C15H19FN2/c1-10-7-11(2)18-15-12(5-3-4-6-17)8-13(16)9-14(10)15/h7-9H,3-6,17H2,1-2H3. The van der Waals surface area contributed by atoms with Gasteiger partial charge in [0.1, 0.15) is 5.82 Å². The molecule has 0 spiro atoms. The molecule has 2 rings (SSSR count). The van der Waals surface area contributed by atoms with Crippen LogP contribution in [-0.4, -0.2) is 11.5 Å². The molecule has 96 valence electrons. The molecular weight excluding hydrogens is 227 g/mol. The number of hydrogen-bond acceptors (Lipinski definition) is 2. The summed E-state index contributed by atoms with van der Waals surface area (Å²) in [6, 6.07) is 5.17. The topological polar surface area (TPSA) is 38.9 Å². The van der Waals surface area contributed by atoms with Crippen LogP contribution in [0.5, 0.6) is 0 Å². The van der Waals surface area contributed by atoms with E-state index in [1.165, 1.54) is 0 Å². The molecule has 0 saturated carbocycles. The van der Waals surface area contributed by atoms with E-state index in [1.54, 1.807) is 12.1 Å². The van der Waals surface area contributed by atoms with E-state index < -0.39 is 0 Å². The van der Waals surface area contributed by atoms with Gasteiger partial charge in [-0.15, -0.1) is 0 Å². The Bertz CT molecular complexity index is 564. The van der Waals surface area contributed by atoms with Crippen LogP contribution in [0.3, 0.4) is 0 Å². The van der Waals surface area contributed by atoms with Crippen molar-refractivity contribution in [3.63, 3.8) is 0 Å². The highest BCUT2D eigenvalue weighted by Crippen LogP contribution is 2.24. The van der Waals surface area contributed by atoms with Crippen molar-refractivity contribution in [2.45, 2.75) is 33.1 Å². The maximum absolute atomic E-state index is 13.6. The van der Waals surface area contributed by atoms with Crippen LogP contribution in [0, 0.1) is 19.7 Å². The predicted molar refractivity (Wildman–Crippen MR) is 73.2 cm³/mol. The highest BCUT2D eigenvalue weighted by Gasteiger charge is 2.08. The first-order valence-electron chi connectivity index (χ1n) is 6.38. The van der Waals surface area contributed by atoms with E-state index >= 15 is 0 Å². The van der Waals surface area contributed by atoms with Gasteiger partial charge in [-0.05, 0) is 69.0 Å². The second kappa shape index (κ2) is 5.44. The normalized spacial score (nSPS) is 11.1. The molecule has 0 unspecified atom stereocenters. The molecule has 1 heterocycles. The van der Waals surface area contributed by atoms with Crippen molar-refractivity contribution in [2.75, 3.05) is 6.54 Å². The van der Waals surface area contributed by atoms with Crippen LogP contribution < -0.4 is 5.73 Å². The third-order valence-corrected chi connectivity index (χ3v) is 3.19. The van der Waals surface area contributed by atoms with Gasteiger partial charge in [0.2, 0.25) is 0 Å². The molecule has 2 N–H and O–H groups in total. The van der Waals surface area contributed by atoms with Crippen LogP contribution in [-0.2, 0) is 6.42 Å². The summed E-state index contributed by atoms with van der Waals surface area (Å²) in [4.78, 5) is 4.56. The molecule has 0 amide bonds. The molecule has 2 nitrogen and oxygen atoms in total. The van der Waals surface area contributed by atoms with E-state index in [0.717, 1.165) is 47.0 Å². The van der Waals surface area contributed by atoms with E-state index in [9.17, 15) is 4.39 Å². The Morgan fingerprint density at radius 2 is 1.94 bits per heavy atom. The number of nitrogens with two attached hydrogens (primary N) is 1. The summed E-state index contributed by atoms with van der Waals surface area (Å²) in [6.45, 7) is 4.65. The number of unbranched alkanes of at least 4 members (excludes halogenated alkanes) is 1. The lowest BCUT2D eigenvalue weighted by Gasteiger charge is -2.09. The fourth-order valence-electron chi connectivity index (χ4n) is 2.34. The Hall–Kier alpha value is -1.48. The van der Waals surface area contributed by atoms with Gasteiger partial charge in [-0.25, -0.2) is 4.39 Å². The van der Waals surface area contributed by atoms with Gasteiger partial charge in [0.05, 0.1) is 5.52 Å². The van der Waals surface area contributed by atoms with E-state index in [-0.39, 0.29) is 5.82 Å². The smallest absolute Gasteiger partial charge is 0.124 e. The van der Waals surface area contributed by atoms with Crippen LogP contribution in [0.2, 0.25) is 0 Å². The van der Waals surface area contributed by atoms with Gasteiger partial charge in [0.15, 0.2) is 0 Å². The highest BCUT2D eigenvalue weighted by atomic mass is 19.1. The van der Waals surface area contributed by atoms with Gasteiger partial charge < -0.3 is 5.73 Å². The van der Waals surface area contributed by atoms with Crippen molar-refractivity contribution >= 4 is 10.9 Å². The minimum atomic E-state index is -0.181. The summed E-state index contributed by atoms with van der Waals surface area (Å²) in [5.74, 6) is -0.181. The molecule has 0 aliphatic carbocycles. The third-order valence-electron chi connectivity index (χ3n) is 3.19. The lowest BCUT2D eigenvalue weighted by molar-refractivity contribution is 0.625. The zero-order valence-corrected chi connectivity index (χ0v) is 11.0. The van der Waals surface area contributed by atoms with Crippen molar-refractivity contribution in [1.29, 1.82) is 0 Å². The molecule has 0 aliphatic heterocycles. The second-order valence-corrected chi connectivity index (χ2v) is 4.79. The number of aryl methyl sites for hydroxylation is 3. The van der Waals surface area contributed by atoms with E-state index in [4.69, 9.17) is 5.73 Å². The summed E-state index contributed by atoms with van der Waals surface area (Å²) in [7, 11) is 0. The van der Waals surface area contributed by atoms with Gasteiger partial charge in [-0.1, -0.05) is 0 Å². The molecule has 0 radical (unpaired) electrons. The Balaban J connectivity index is 2.50. The Morgan fingerprint density at radius 3 is 2.67 bits per heavy atom. The van der Waals surface area contributed by atoms with Gasteiger partial charge in [-0.2, -0.15) is 0 Å². The van der Waals surface area contributed by atoms with Crippen molar-refractivity contribution in [2.24, 2.45) is 5.73 Å². The van der Waals surface area contributed by atoms with Crippen LogP contribution >= 0.6 is 0 Å². The number of fused-ring (bicyclic) bond motifs is 1. The Kier molecular flexibility index (Phi) is 3.92.